The maximum atomic E-state index is 12.7. The lowest BCUT2D eigenvalue weighted by atomic mass is 9.90. The molecule has 1 aromatic heterocycles. The van der Waals surface area contributed by atoms with E-state index in [-0.39, 0.29) is 17.7 Å². The van der Waals surface area contributed by atoms with Gasteiger partial charge < -0.3 is 15.1 Å². The van der Waals surface area contributed by atoms with Gasteiger partial charge in [-0.25, -0.2) is 4.98 Å². The van der Waals surface area contributed by atoms with Gasteiger partial charge in [-0.1, -0.05) is 17.7 Å². The summed E-state index contributed by atoms with van der Waals surface area (Å²) in [6.45, 7) is 4.72. The number of hydrogen-bond donors (Lipinski definition) is 1. The highest BCUT2D eigenvalue weighted by atomic mass is 35.5. The molecule has 28 heavy (non-hydrogen) atoms. The Morgan fingerprint density at radius 3 is 2.75 bits per heavy atom. The normalized spacial score (nSPS) is 19.3. The molecule has 1 saturated heterocycles. The average Bonchev–Trinajstić information content (AvgIpc) is 3.11. The lowest BCUT2D eigenvalue weighted by Gasteiger charge is -2.33. The number of fused-ring (bicyclic) bond motifs is 1. The highest BCUT2D eigenvalue weighted by Gasteiger charge is 2.29. The van der Waals surface area contributed by atoms with E-state index in [2.05, 4.69) is 10.2 Å². The Labute approximate surface area is 173 Å². The number of halogens is 1. The zero-order valence-corrected chi connectivity index (χ0v) is 17.4. The predicted octanol–water partition coefficient (Wildman–Crippen LogP) is 3.21. The van der Waals surface area contributed by atoms with Crippen LogP contribution in [0.1, 0.15) is 23.9 Å². The van der Waals surface area contributed by atoms with E-state index in [0.717, 1.165) is 62.0 Å². The van der Waals surface area contributed by atoms with Crippen LogP contribution < -0.4 is 10.2 Å². The number of hydrogen-bond acceptors (Lipinski definition) is 5. The Balaban J connectivity index is 1.39. The molecule has 8 heteroatoms. The van der Waals surface area contributed by atoms with Crippen molar-refractivity contribution < 1.29 is 9.59 Å². The highest BCUT2D eigenvalue weighted by molar-refractivity contribution is 7.15. The zero-order valence-electron chi connectivity index (χ0n) is 15.8. The summed E-state index contributed by atoms with van der Waals surface area (Å²) in [7, 11) is 0. The molecule has 148 valence electrons. The molecule has 1 aliphatic heterocycles. The molecule has 2 heterocycles. The number of carbonyl (C=O) groups excluding carboxylic acids is 2. The van der Waals surface area contributed by atoms with Crippen molar-refractivity contribution in [3.8, 4) is 0 Å². The van der Waals surface area contributed by atoms with Gasteiger partial charge in [-0.3, -0.25) is 9.59 Å². The van der Waals surface area contributed by atoms with Gasteiger partial charge in [-0.05, 0) is 37.5 Å². The third-order valence-electron chi connectivity index (χ3n) is 5.39. The molecule has 1 aliphatic carbocycles. The minimum Gasteiger partial charge on any atom is -0.345 e. The van der Waals surface area contributed by atoms with E-state index in [1.807, 2.05) is 17.0 Å². The molecule has 2 aliphatic rings. The molecule has 1 atom stereocenters. The monoisotopic (exact) mass is 418 g/mol. The van der Waals surface area contributed by atoms with Crippen LogP contribution in [0.3, 0.4) is 0 Å². The molecule has 6 nitrogen and oxygen atoms in total. The number of anilines is 2. The number of carbonyl (C=O) groups is 2. The van der Waals surface area contributed by atoms with E-state index < -0.39 is 0 Å². The van der Waals surface area contributed by atoms with E-state index >= 15 is 0 Å². The summed E-state index contributed by atoms with van der Waals surface area (Å²) < 4.78 is 0. The largest absolute Gasteiger partial charge is 0.345 e. The number of rotatable bonds is 3. The molecule has 1 aromatic carbocycles. The van der Waals surface area contributed by atoms with Crippen LogP contribution in [-0.2, 0) is 22.4 Å². The molecular formula is C20H23ClN4O2S. The highest BCUT2D eigenvalue weighted by Crippen LogP contribution is 2.35. The first-order valence-electron chi connectivity index (χ1n) is 9.55. The Morgan fingerprint density at radius 2 is 2.04 bits per heavy atom. The fraction of sp³-hybridized carbons (Fsp3) is 0.450. The first-order valence-corrected chi connectivity index (χ1v) is 10.7. The summed E-state index contributed by atoms with van der Waals surface area (Å²) >= 11 is 7.69. The molecule has 2 aromatic rings. The van der Waals surface area contributed by atoms with Gasteiger partial charge in [0.05, 0.1) is 5.69 Å². The minimum atomic E-state index is -0.0469. The molecule has 1 fully saturated rings. The zero-order chi connectivity index (χ0) is 19.7. The third-order valence-corrected chi connectivity index (χ3v) is 6.80. The Morgan fingerprint density at radius 1 is 1.25 bits per heavy atom. The van der Waals surface area contributed by atoms with Crippen LogP contribution >= 0.6 is 22.9 Å². The molecule has 0 saturated carbocycles. The van der Waals surface area contributed by atoms with Gasteiger partial charge in [0.15, 0.2) is 5.13 Å². The second-order valence-electron chi connectivity index (χ2n) is 7.30. The summed E-state index contributed by atoms with van der Waals surface area (Å²) in [5.41, 5.74) is 1.86. The smallest absolute Gasteiger partial charge is 0.227 e. The van der Waals surface area contributed by atoms with Crippen LogP contribution in [0.4, 0.5) is 10.8 Å². The number of thiazole rings is 1. The van der Waals surface area contributed by atoms with Crippen LogP contribution in [0, 0.1) is 5.92 Å². The molecule has 0 radical (unpaired) electrons. The van der Waals surface area contributed by atoms with Crippen molar-refractivity contribution in [2.75, 3.05) is 36.4 Å². The molecule has 1 N–H and O–H groups in total. The standard InChI is InChI=1S/C20H23ClN4O2S/c1-13(26)24-7-9-25(10-8-24)20-23-17-6-5-14(11-18(17)28-20)19(27)22-16-4-2-3-15(21)12-16/h2-4,12,14H,5-11H2,1H3,(H,22,27). The number of amides is 2. The molecule has 0 spiro atoms. The van der Waals surface area contributed by atoms with Gasteiger partial charge in [0.25, 0.3) is 0 Å². The molecule has 1 unspecified atom stereocenters. The van der Waals surface area contributed by atoms with Crippen molar-refractivity contribution in [1.29, 1.82) is 0 Å². The van der Waals surface area contributed by atoms with E-state index in [0.29, 0.717) is 5.02 Å². The van der Waals surface area contributed by atoms with Crippen LogP contribution in [0.15, 0.2) is 24.3 Å². The summed E-state index contributed by atoms with van der Waals surface area (Å²) in [5.74, 6) is 0.124. The summed E-state index contributed by atoms with van der Waals surface area (Å²) in [6, 6.07) is 7.24. The van der Waals surface area contributed by atoms with Crippen molar-refractivity contribution in [1.82, 2.24) is 9.88 Å². The summed E-state index contributed by atoms with van der Waals surface area (Å²) in [6.07, 6.45) is 2.36. The third kappa shape index (κ3) is 4.15. The van der Waals surface area contributed by atoms with Crippen LogP contribution in [0.5, 0.6) is 0 Å². The number of benzene rings is 1. The first-order chi connectivity index (χ1) is 13.5. The lowest BCUT2D eigenvalue weighted by molar-refractivity contribution is -0.129. The van der Waals surface area contributed by atoms with E-state index in [1.165, 1.54) is 4.88 Å². The SMILES string of the molecule is CC(=O)N1CCN(c2nc3c(s2)CC(C(=O)Nc2cccc(Cl)c2)CC3)CC1. The van der Waals surface area contributed by atoms with Gasteiger partial charge >= 0.3 is 0 Å². The van der Waals surface area contributed by atoms with E-state index in [9.17, 15) is 9.59 Å². The maximum absolute atomic E-state index is 12.7. The van der Waals surface area contributed by atoms with Crippen LogP contribution in [0.25, 0.3) is 0 Å². The van der Waals surface area contributed by atoms with E-state index in [4.69, 9.17) is 16.6 Å². The predicted molar refractivity (Wildman–Crippen MR) is 112 cm³/mol. The molecule has 0 bridgehead atoms. The van der Waals surface area contributed by atoms with Crippen molar-refractivity contribution in [2.24, 2.45) is 5.92 Å². The lowest BCUT2D eigenvalue weighted by Crippen LogP contribution is -2.48. The maximum Gasteiger partial charge on any atom is 0.227 e. The Kier molecular flexibility index (Phi) is 5.55. The fourth-order valence-electron chi connectivity index (χ4n) is 3.74. The second kappa shape index (κ2) is 8.09. The van der Waals surface area contributed by atoms with Gasteiger partial charge in [0, 0.05) is 54.6 Å². The first kappa shape index (κ1) is 19.2. The fourth-order valence-corrected chi connectivity index (χ4v) is 5.17. The number of aromatic nitrogens is 1. The van der Waals surface area contributed by atoms with Crippen molar-refractivity contribution >= 4 is 45.6 Å². The van der Waals surface area contributed by atoms with Crippen LogP contribution in [-0.4, -0.2) is 47.9 Å². The summed E-state index contributed by atoms with van der Waals surface area (Å²) in [5, 5.41) is 4.61. The number of piperazine rings is 1. The minimum absolute atomic E-state index is 0.0398. The van der Waals surface area contributed by atoms with Crippen molar-refractivity contribution in [3.63, 3.8) is 0 Å². The number of aryl methyl sites for hydroxylation is 1. The molecular weight excluding hydrogens is 396 g/mol. The average molecular weight is 419 g/mol. The van der Waals surface area contributed by atoms with E-state index in [1.54, 1.807) is 30.4 Å². The van der Waals surface area contributed by atoms with Gasteiger partial charge in [0.2, 0.25) is 11.8 Å². The number of nitrogens with one attached hydrogen (secondary N) is 1. The quantitative estimate of drug-likeness (QED) is 0.831. The summed E-state index contributed by atoms with van der Waals surface area (Å²) in [4.78, 5) is 34.3. The van der Waals surface area contributed by atoms with Gasteiger partial charge in [-0.2, -0.15) is 0 Å². The Bertz CT molecular complexity index is 892. The molecule has 2 amide bonds. The topological polar surface area (TPSA) is 65.5 Å². The molecule has 4 rings (SSSR count). The van der Waals surface area contributed by atoms with Crippen LogP contribution in [0.2, 0.25) is 5.02 Å². The van der Waals surface area contributed by atoms with Crippen molar-refractivity contribution in [2.45, 2.75) is 26.2 Å². The number of nitrogens with zero attached hydrogens (tertiary/aromatic N) is 3. The van der Waals surface area contributed by atoms with Gasteiger partial charge in [0.1, 0.15) is 0 Å². The van der Waals surface area contributed by atoms with Gasteiger partial charge in [-0.15, -0.1) is 11.3 Å². The Hall–Kier alpha value is -2.12. The van der Waals surface area contributed by atoms with Crippen molar-refractivity contribution in [3.05, 3.63) is 39.9 Å². The second-order valence-corrected chi connectivity index (χ2v) is 8.80.